The van der Waals surface area contributed by atoms with E-state index in [-0.39, 0.29) is 5.91 Å². The van der Waals surface area contributed by atoms with Crippen LogP contribution in [-0.4, -0.2) is 31.6 Å². The van der Waals surface area contributed by atoms with E-state index >= 15 is 0 Å². The predicted molar refractivity (Wildman–Crippen MR) is 90.1 cm³/mol. The summed E-state index contributed by atoms with van der Waals surface area (Å²) in [6, 6.07) is 9.59. The van der Waals surface area contributed by atoms with Crippen LogP contribution in [0.15, 0.2) is 55.2 Å². The van der Waals surface area contributed by atoms with Crippen LogP contribution in [0.25, 0.3) is 5.69 Å². The first kappa shape index (κ1) is 15.2. The third-order valence-corrected chi connectivity index (χ3v) is 3.76. The van der Waals surface area contributed by atoms with Gasteiger partial charge in [-0.3, -0.25) is 9.36 Å². The fourth-order valence-corrected chi connectivity index (χ4v) is 2.60. The Balaban J connectivity index is 1.65. The molecule has 0 saturated heterocycles. The van der Waals surface area contributed by atoms with Gasteiger partial charge in [-0.2, -0.15) is 0 Å². The molecule has 3 aromatic rings. The van der Waals surface area contributed by atoms with Crippen LogP contribution in [0.5, 0.6) is 0 Å². The summed E-state index contributed by atoms with van der Waals surface area (Å²) in [5.74, 6) is -0.146. The van der Waals surface area contributed by atoms with E-state index in [9.17, 15) is 4.79 Å². The van der Waals surface area contributed by atoms with Gasteiger partial charge in [0, 0.05) is 37.4 Å². The number of hydrogen-bond donors (Lipinski definition) is 2. The minimum atomic E-state index is -0.146. The van der Waals surface area contributed by atoms with Crippen LogP contribution in [0, 0.1) is 4.77 Å². The highest BCUT2D eigenvalue weighted by Crippen LogP contribution is 2.12. The van der Waals surface area contributed by atoms with E-state index in [4.69, 9.17) is 12.2 Å². The van der Waals surface area contributed by atoms with Gasteiger partial charge >= 0.3 is 0 Å². The SMILES string of the molecule is O=C(NCCCn1ccnc1)c1c[nH]c(=S)n1-c1ccccc1. The molecule has 3 rings (SSSR count). The monoisotopic (exact) mass is 327 g/mol. The Morgan fingerprint density at radius 3 is 2.87 bits per heavy atom. The maximum Gasteiger partial charge on any atom is 0.269 e. The van der Waals surface area contributed by atoms with E-state index < -0.39 is 0 Å². The van der Waals surface area contributed by atoms with Crippen LogP contribution in [0.4, 0.5) is 0 Å². The lowest BCUT2D eigenvalue weighted by Gasteiger charge is -2.09. The molecule has 1 amide bonds. The van der Waals surface area contributed by atoms with E-state index in [0.29, 0.717) is 17.0 Å². The lowest BCUT2D eigenvalue weighted by atomic mass is 10.3. The predicted octanol–water partition coefficient (Wildman–Crippen LogP) is 2.55. The fourth-order valence-electron chi connectivity index (χ4n) is 2.34. The van der Waals surface area contributed by atoms with E-state index in [1.54, 1.807) is 23.3 Å². The van der Waals surface area contributed by atoms with Crippen molar-refractivity contribution in [2.45, 2.75) is 13.0 Å². The molecule has 0 bridgehead atoms. The van der Waals surface area contributed by atoms with Gasteiger partial charge in [0.15, 0.2) is 4.77 Å². The lowest BCUT2D eigenvalue weighted by Crippen LogP contribution is -2.27. The smallest absolute Gasteiger partial charge is 0.269 e. The summed E-state index contributed by atoms with van der Waals surface area (Å²) in [5, 5.41) is 2.93. The van der Waals surface area contributed by atoms with Crippen molar-refractivity contribution in [1.29, 1.82) is 0 Å². The third kappa shape index (κ3) is 3.57. The van der Waals surface area contributed by atoms with E-state index in [0.717, 1.165) is 18.7 Å². The van der Waals surface area contributed by atoms with Crippen molar-refractivity contribution in [1.82, 2.24) is 24.4 Å². The van der Waals surface area contributed by atoms with E-state index in [1.165, 1.54) is 0 Å². The first-order valence-electron chi connectivity index (χ1n) is 7.35. The number of rotatable bonds is 6. The van der Waals surface area contributed by atoms with Gasteiger partial charge < -0.3 is 14.9 Å². The second-order valence-corrected chi connectivity index (χ2v) is 5.45. The van der Waals surface area contributed by atoms with Crippen molar-refractivity contribution in [3.8, 4) is 5.69 Å². The normalized spacial score (nSPS) is 10.6. The number of carbonyl (C=O) groups is 1. The van der Waals surface area contributed by atoms with Gasteiger partial charge in [-0.1, -0.05) is 18.2 Å². The molecule has 2 heterocycles. The number of aryl methyl sites for hydroxylation is 1. The number of hydrogen-bond acceptors (Lipinski definition) is 3. The number of carbonyl (C=O) groups excluding carboxylic acids is 1. The average molecular weight is 327 g/mol. The molecule has 0 spiro atoms. The largest absolute Gasteiger partial charge is 0.351 e. The van der Waals surface area contributed by atoms with Gasteiger partial charge in [-0.15, -0.1) is 0 Å². The molecule has 7 heteroatoms. The molecule has 0 aliphatic heterocycles. The molecule has 0 aliphatic carbocycles. The highest BCUT2D eigenvalue weighted by atomic mass is 32.1. The Hall–Kier alpha value is -2.67. The molecule has 1 aromatic carbocycles. The minimum Gasteiger partial charge on any atom is -0.351 e. The molecule has 118 valence electrons. The van der Waals surface area contributed by atoms with Crippen LogP contribution >= 0.6 is 12.2 Å². The Labute approximate surface area is 138 Å². The number of imidazole rings is 2. The number of nitrogens with zero attached hydrogens (tertiary/aromatic N) is 3. The summed E-state index contributed by atoms with van der Waals surface area (Å²) in [7, 11) is 0. The summed E-state index contributed by atoms with van der Waals surface area (Å²) in [4.78, 5) is 19.3. The molecule has 2 aromatic heterocycles. The van der Waals surface area contributed by atoms with Gasteiger partial charge in [0.1, 0.15) is 5.69 Å². The van der Waals surface area contributed by atoms with Crippen molar-refractivity contribution in [3.63, 3.8) is 0 Å². The molecule has 0 unspecified atom stereocenters. The Morgan fingerprint density at radius 2 is 2.13 bits per heavy atom. The summed E-state index contributed by atoms with van der Waals surface area (Å²) >= 11 is 5.28. The van der Waals surface area contributed by atoms with Gasteiger partial charge in [-0.05, 0) is 30.8 Å². The first-order valence-corrected chi connectivity index (χ1v) is 7.76. The average Bonchev–Trinajstić information content (AvgIpc) is 3.21. The van der Waals surface area contributed by atoms with Crippen molar-refractivity contribution < 1.29 is 4.79 Å². The van der Waals surface area contributed by atoms with Gasteiger partial charge in [-0.25, -0.2) is 4.98 Å². The van der Waals surface area contributed by atoms with E-state index in [1.807, 2.05) is 41.1 Å². The maximum atomic E-state index is 12.4. The van der Waals surface area contributed by atoms with Crippen LogP contribution in [0.1, 0.15) is 16.9 Å². The molecule has 0 fully saturated rings. The number of para-hydroxylation sites is 1. The van der Waals surface area contributed by atoms with Crippen molar-refractivity contribution >= 4 is 18.1 Å². The van der Waals surface area contributed by atoms with Crippen molar-refractivity contribution in [3.05, 3.63) is 65.7 Å². The van der Waals surface area contributed by atoms with Crippen LogP contribution < -0.4 is 5.32 Å². The molecule has 0 aliphatic rings. The lowest BCUT2D eigenvalue weighted by molar-refractivity contribution is 0.0946. The number of aromatic nitrogens is 4. The number of benzene rings is 1. The molecule has 2 N–H and O–H groups in total. The fraction of sp³-hybridized carbons (Fsp3) is 0.188. The summed E-state index contributed by atoms with van der Waals surface area (Å²) in [6.45, 7) is 1.40. The van der Waals surface area contributed by atoms with E-state index in [2.05, 4.69) is 15.3 Å². The van der Waals surface area contributed by atoms with Crippen LogP contribution in [-0.2, 0) is 6.54 Å². The Morgan fingerprint density at radius 1 is 1.30 bits per heavy atom. The number of H-pyrrole nitrogens is 1. The number of amides is 1. The summed E-state index contributed by atoms with van der Waals surface area (Å²) in [6.07, 6.45) is 7.88. The van der Waals surface area contributed by atoms with Crippen molar-refractivity contribution in [2.24, 2.45) is 0 Å². The van der Waals surface area contributed by atoms with Crippen LogP contribution in [0.3, 0.4) is 0 Å². The van der Waals surface area contributed by atoms with Crippen LogP contribution in [0.2, 0.25) is 0 Å². The topological polar surface area (TPSA) is 67.6 Å². The Bertz CT molecular complexity index is 820. The zero-order valence-electron chi connectivity index (χ0n) is 12.5. The van der Waals surface area contributed by atoms with Gasteiger partial charge in [0.05, 0.1) is 6.33 Å². The summed E-state index contributed by atoms with van der Waals surface area (Å²) < 4.78 is 4.22. The van der Waals surface area contributed by atoms with Crippen molar-refractivity contribution in [2.75, 3.05) is 6.54 Å². The Kier molecular flexibility index (Phi) is 4.68. The summed E-state index contributed by atoms with van der Waals surface area (Å²) in [5.41, 5.74) is 1.37. The molecule has 6 nitrogen and oxygen atoms in total. The molecule has 0 saturated carbocycles. The highest BCUT2D eigenvalue weighted by molar-refractivity contribution is 7.71. The first-order chi connectivity index (χ1) is 11.3. The number of nitrogens with one attached hydrogen (secondary N) is 2. The molecular formula is C16H17N5OS. The molecule has 0 atom stereocenters. The second-order valence-electron chi connectivity index (χ2n) is 5.06. The van der Waals surface area contributed by atoms with Gasteiger partial charge in [0.25, 0.3) is 5.91 Å². The number of aromatic amines is 1. The molecule has 0 radical (unpaired) electrons. The van der Waals surface area contributed by atoms with Gasteiger partial charge in [0.2, 0.25) is 0 Å². The minimum absolute atomic E-state index is 0.146. The standard InChI is InChI=1S/C16H17N5OS/c22-15(18-7-4-9-20-10-8-17-12-20)14-11-19-16(23)21(14)13-5-2-1-3-6-13/h1-3,5-6,8,10-12H,4,7,9H2,(H,18,22)(H,19,23). The zero-order valence-corrected chi connectivity index (χ0v) is 13.3. The molecule has 23 heavy (non-hydrogen) atoms. The molecular weight excluding hydrogens is 310 g/mol. The maximum absolute atomic E-state index is 12.4. The highest BCUT2D eigenvalue weighted by Gasteiger charge is 2.13. The second kappa shape index (κ2) is 7.06. The zero-order chi connectivity index (χ0) is 16.1. The third-order valence-electron chi connectivity index (χ3n) is 3.46. The quantitative estimate of drug-likeness (QED) is 0.540.